The highest BCUT2D eigenvalue weighted by Crippen LogP contribution is 2.44. The van der Waals surface area contributed by atoms with E-state index in [-0.39, 0.29) is 0 Å². The van der Waals surface area contributed by atoms with Crippen molar-refractivity contribution in [2.45, 2.75) is 0 Å². The molecule has 3 heteroatoms. The topological polar surface area (TPSA) is 22.8 Å². The Kier molecular flexibility index (Phi) is 6.86. The summed E-state index contributed by atoms with van der Waals surface area (Å²) in [7, 11) is 0. The first-order valence-electron chi connectivity index (χ1n) is 18.5. The molecular formula is C51H33N3. The van der Waals surface area contributed by atoms with E-state index in [4.69, 9.17) is 4.98 Å². The number of fused-ring (bicyclic) bond motifs is 8. The third-order valence-corrected chi connectivity index (χ3v) is 10.9. The van der Waals surface area contributed by atoms with Gasteiger partial charge in [0.15, 0.2) is 0 Å². The molecule has 0 amide bonds. The molecule has 0 aliphatic heterocycles. The van der Waals surface area contributed by atoms with Crippen molar-refractivity contribution in [3.8, 4) is 45.0 Å². The molecule has 0 bridgehead atoms. The van der Waals surface area contributed by atoms with Crippen molar-refractivity contribution in [1.82, 2.24) is 14.1 Å². The van der Waals surface area contributed by atoms with Crippen LogP contribution < -0.4 is 0 Å². The van der Waals surface area contributed by atoms with Crippen LogP contribution >= 0.6 is 0 Å². The van der Waals surface area contributed by atoms with Crippen molar-refractivity contribution in [3.05, 3.63) is 200 Å². The first kappa shape index (κ1) is 30.4. The molecule has 11 aromatic rings. The molecule has 0 saturated heterocycles. The maximum Gasteiger partial charge on any atom is 0.0715 e. The third-order valence-electron chi connectivity index (χ3n) is 10.9. The predicted octanol–water partition coefficient (Wildman–Crippen LogP) is 13.4. The standard InChI is InChI=1S/C51H33N3/c1-4-16-34(17-5-1)44-31-38(32-45(52-44)35-18-6-2-7-19-35)37-30-36-20-10-11-23-40(36)49(33-37)54-46-26-14-12-24-41(46)42-28-29-48-50(51(42)54)43-25-13-15-27-47(43)53(48)39-21-8-3-9-22-39/h1-33H. The molecule has 3 aromatic heterocycles. The van der Waals surface area contributed by atoms with Gasteiger partial charge in [-0.25, -0.2) is 4.98 Å². The molecule has 0 spiro atoms. The SMILES string of the molecule is c1ccc(-c2cc(-c3cc(-n4c5ccccc5c5ccc6c(c7ccccc7n6-c6ccccc6)c54)c4ccccc4c3)cc(-c3ccccc3)n2)cc1. The van der Waals surface area contributed by atoms with E-state index in [2.05, 4.69) is 209 Å². The van der Waals surface area contributed by atoms with Crippen LogP contribution in [0.25, 0.3) is 99.4 Å². The van der Waals surface area contributed by atoms with Crippen molar-refractivity contribution >= 4 is 54.4 Å². The van der Waals surface area contributed by atoms with Gasteiger partial charge in [-0.2, -0.15) is 0 Å². The molecule has 54 heavy (non-hydrogen) atoms. The van der Waals surface area contributed by atoms with Crippen molar-refractivity contribution in [1.29, 1.82) is 0 Å². The largest absolute Gasteiger partial charge is 0.309 e. The summed E-state index contributed by atoms with van der Waals surface area (Å²) in [5.41, 5.74) is 13.4. The molecule has 0 aliphatic carbocycles. The minimum absolute atomic E-state index is 0.953. The van der Waals surface area contributed by atoms with Gasteiger partial charge >= 0.3 is 0 Å². The summed E-state index contributed by atoms with van der Waals surface area (Å²) in [5, 5.41) is 7.36. The quantitative estimate of drug-likeness (QED) is 0.177. The molecule has 0 aliphatic rings. The molecule has 3 nitrogen and oxygen atoms in total. The molecular weight excluding hydrogens is 655 g/mol. The zero-order valence-corrected chi connectivity index (χ0v) is 29.4. The zero-order chi connectivity index (χ0) is 35.6. The number of pyridine rings is 1. The minimum Gasteiger partial charge on any atom is -0.309 e. The summed E-state index contributed by atoms with van der Waals surface area (Å²) in [5.74, 6) is 0. The summed E-state index contributed by atoms with van der Waals surface area (Å²) in [6.07, 6.45) is 0. The molecule has 3 heterocycles. The average molecular weight is 688 g/mol. The maximum atomic E-state index is 5.20. The Bertz CT molecular complexity index is 3130. The highest BCUT2D eigenvalue weighted by molar-refractivity contribution is 6.26. The summed E-state index contributed by atoms with van der Waals surface area (Å²) in [4.78, 5) is 5.20. The molecule has 11 rings (SSSR count). The lowest BCUT2D eigenvalue weighted by atomic mass is 9.96. The highest BCUT2D eigenvalue weighted by atomic mass is 15.0. The van der Waals surface area contributed by atoms with Crippen molar-refractivity contribution < 1.29 is 0 Å². The van der Waals surface area contributed by atoms with E-state index in [0.29, 0.717) is 0 Å². The Hall–Kier alpha value is -7.23. The van der Waals surface area contributed by atoms with Gasteiger partial charge in [0.2, 0.25) is 0 Å². The van der Waals surface area contributed by atoms with Gasteiger partial charge in [-0.15, -0.1) is 0 Å². The minimum atomic E-state index is 0.953. The van der Waals surface area contributed by atoms with E-state index in [1.165, 1.54) is 54.4 Å². The lowest BCUT2D eigenvalue weighted by Gasteiger charge is -2.16. The Morgan fingerprint density at radius 2 is 0.870 bits per heavy atom. The fourth-order valence-corrected chi connectivity index (χ4v) is 8.47. The Balaban J connectivity index is 1.26. The number of para-hydroxylation sites is 3. The number of hydrogen-bond acceptors (Lipinski definition) is 1. The van der Waals surface area contributed by atoms with Crippen LogP contribution in [0.2, 0.25) is 0 Å². The van der Waals surface area contributed by atoms with Crippen LogP contribution in [-0.2, 0) is 0 Å². The molecule has 0 atom stereocenters. The lowest BCUT2D eigenvalue weighted by Crippen LogP contribution is -1.98. The van der Waals surface area contributed by atoms with Crippen molar-refractivity contribution in [2.24, 2.45) is 0 Å². The molecule has 0 fully saturated rings. The molecule has 252 valence electrons. The maximum absolute atomic E-state index is 5.20. The summed E-state index contributed by atoms with van der Waals surface area (Å²) in [6.45, 7) is 0. The summed E-state index contributed by atoms with van der Waals surface area (Å²) < 4.78 is 4.94. The second kappa shape index (κ2) is 12.2. The predicted molar refractivity (Wildman–Crippen MR) is 227 cm³/mol. The van der Waals surface area contributed by atoms with Gasteiger partial charge in [-0.1, -0.05) is 146 Å². The summed E-state index contributed by atoms with van der Waals surface area (Å²) in [6, 6.07) is 72.1. The van der Waals surface area contributed by atoms with Gasteiger partial charge in [0, 0.05) is 43.7 Å². The first-order chi connectivity index (χ1) is 26.8. The first-order valence-corrected chi connectivity index (χ1v) is 18.5. The van der Waals surface area contributed by atoms with E-state index in [9.17, 15) is 0 Å². The normalized spacial score (nSPS) is 11.7. The number of nitrogens with zero attached hydrogens (tertiary/aromatic N) is 3. The Labute approximate surface area is 312 Å². The van der Waals surface area contributed by atoms with Crippen LogP contribution in [-0.4, -0.2) is 14.1 Å². The summed E-state index contributed by atoms with van der Waals surface area (Å²) >= 11 is 0. The fourth-order valence-electron chi connectivity index (χ4n) is 8.47. The van der Waals surface area contributed by atoms with Crippen LogP contribution in [0.1, 0.15) is 0 Å². The van der Waals surface area contributed by atoms with Crippen molar-refractivity contribution in [3.63, 3.8) is 0 Å². The van der Waals surface area contributed by atoms with E-state index in [1.54, 1.807) is 0 Å². The van der Waals surface area contributed by atoms with E-state index >= 15 is 0 Å². The van der Waals surface area contributed by atoms with Crippen LogP contribution in [0.4, 0.5) is 0 Å². The third kappa shape index (κ3) is 4.72. The van der Waals surface area contributed by atoms with Gasteiger partial charge in [-0.05, 0) is 71.1 Å². The van der Waals surface area contributed by atoms with Gasteiger partial charge in [0.1, 0.15) is 0 Å². The number of benzene rings is 8. The van der Waals surface area contributed by atoms with Gasteiger partial charge in [0.05, 0.1) is 39.1 Å². The fraction of sp³-hybridized carbons (Fsp3) is 0. The molecule has 8 aromatic carbocycles. The zero-order valence-electron chi connectivity index (χ0n) is 29.4. The second-order valence-corrected chi connectivity index (χ2v) is 14.0. The highest BCUT2D eigenvalue weighted by Gasteiger charge is 2.22. The van der Waals surface area contributed by atoms with Crippen molar-refractivity contribution in [2.75, 3.05) is 0 Å². The second-order valence-electron chi connectivity index (χ2n) is 14.0. The van der Waals surface area contributed by atoms with Gasteiger partial charge in [-0.3, -0.25) is 0 Å². The van der Waals surface area contributed by atoms with Crippen LogP contribution in [0, 0.1) is 0 Å². The Morgan fingerprint density at radius 3 is 1.56 bits per heavy atom. The number of rotatable bonds is 5. The molecule has 0 N–H and O–H groups in total. The average Bonchev–Trinajstić information content (AvgIpc) is 3.77. The molecule has 0 unspecified atom stereocenters. The van der Waals surface area contributed by atoms with Crippen LogP contribution in [0.5, 0.6) is 0 Å². The van der Waals surface area contributed by atoms with Crippen LogP contribution in [0.3, 0.4) is 0 Å². The van der Waals surface area contributed by atoms with E-state index in [0.717, 1.165) is 45.0 Å². The number of aromatic nitrogens is 3. The molecule has 0 saturated carbocycles. The van der Waals surface area contributed by atoms with Gasteiger partial charge < -0.3 is 9.13 Å². The van der Waals surface area contributed by atoms with E-state index in [1.807, 2.05) is 0 Å². The van der Waals surface area contributed by atoms with E-state index < -0.39 is 0 Å². The number of hydrogen-bond donors (Lipinski definition) is 0. The lowest BCUT2D eigenvalue weighted by molar-refractivity contribution is 1.18. The van der Waals surface area contributed by atoms with Gasteiger partial charge in [0.25, 0.3) is 0 Å². The molecule has 0 radical (unpaired) electrons. The Morgan fingerprint density at radius 1 is 0.333 bits per heavy atom. The smallest absolute Gasteiger partial charge is 0.0715 e. The van der Waals surface area contributed by atoms with Crippen LogP contribution in [0.15, 0.2) is 200 Å². The monoisotopic (exact) mass is 687 g/mol.